The Balaban J connectivity index is 2.33. The first kappa shape index (κ1) is 13.4. The van der Waals surface area contributed by atoms with E-state index in [9.17, 15) is 8.42 Å². The second kappa shape index (κ2) is 5.27. The van der Waals surface area contributed by atoms with Gasteiger partial charge in [0.05, 0.1) is 4.90 Å². The first-order chi connectivity index (χ1) is 8.47. The molecule has 0 bridgehead atoms. The van der Waals surface area contributed by atoms with Gasteiger partial charge in [0, 0.05) is 9.26 Å². The van der Waals surface area contributed by atoms with Gasteiger partial charge < -0.3 is 0 Å². The van der Waals surface area contributed by atoms with E-state index in [1.54, 1.807) is 30.3 Å². The fraction of sp³-hybridized carbons (Fsp3) is 0.0769. The van der Waals surface area contributed by atoms with E-state index >= 15 is 0 Å². The fourth-order valence-electron chi connectivity index (χ4n) is 1.55. The number of hydrogen-bond donors (Lipinski definition) is 1. The maximum atomic E-state index is 12.2. The summed E-state index contributed by atoms with van der Waals surface area (Å²) in [4.78, 5) is 0.279. The standard InChI is InChI=1S/C13H12INO2S/c1-10-4-2-7-13(8-10)18(16,17)15-12-6-3-5-11(14)9-12/h2-9,15H,1H3. The molecule has 2 aromatic carbocycles. The zero-order valence-corrected chi connectivity index (χ0v) is 12.7. The Morgan fingerprint density at radius 2 is 1.78 bits per heavy atom. The van der Waals surface area contributed by atoms with E-state index in [1.165, 1.54) is 0 Å². The van der Waals surface area contributed by atoms with Gasteiger partial charge in [-0.15, -0.1) is 0 Å². The summed E-state index contributed by atoms with van der Waals surface area (Å²) in [5.74, 6) is 0. The number of rotatable bonds is 3. The highest BCUT2D eigenvalue weighted by atomic mass is 127. The molecule has 1 N–H and O–H groups in total. The van der Waals surface area contributed by atoms with Crippen LogP contribution in [0.4, 0.5) is 5.69 Å². The normalized spacial score (nSPS) is 11.2. The maximum absolute atomic E-state index is 12.2. The van der Waals surface area contributed by atoms with Crippen LogP contribution in [0.25, 0.3) is 0 Å². The molecular formula is C13H12INO2S. The van der Waals surface area contributed by atoms with E-state index in [1.807, 2.05) is 25.1 Å². The summed E-state index contributed by atoms with van der Waals surface area (Å²) in [5.41, 5.74) is 1.49. The molecule has 0 spiro atoms. The van der Waals surface area contributed by atoms with E-state index in [0.29, 0.717) is 5.69 Å². The van der Waals surface area contributed by atoms with Crippen LogP contribution in [-0.4, -0.2) is 8.42 Å². The van der Waals surface area contributed by atoms with Crippen molar-refractivity contribution < 1.29 is 8.42 Å². The topological polar surface area (TPSA) is 46.2 Å². The van der Waals surface area contributed by atoms with E-state index in [0.717, 1.165) is 9.13 Å². The van der Waals surface area contributed by atoms with Gasteiger partial charge in [0.15, 0.2) is 0 Å². The van der Waals surface area contributed by atoms with Gasteiger partial charge in [0.25, 0.3) is 10.0 Å². The summed E-state index contributed by atoms with van der Waals surface area (Å²) in [6.45, 7) is 1.87. The molecule has 5 heteroatoms. The van der Waals surface area contributed by atoms with Crippen LogP contribution in [0, 0.1) is 10.5 Å². The Morgan fingerprint density at radius 3 is 2.44 bits per heavy atom. The Bertz CT molecular complexity index is 668. The minimum atomic E-state index is -3.51. The molecule has 0 radical (unpaired) electrons. The zero-order chi connectivity index (χ0) is 13.2. The quantitative estimate of drug-likeness (QED) is 0.839. The second-order valence-electron chi connectivity index (χ2n) is 3.93. The third-order valence-electron chi connectivity index (χ3n) is 2.38. The molecule has 0 unspecified atom stereocenters. The molecule has 2 rings (SSSR count). The van der Waals surface area contributed by atoms with Crippen molar-refractivity contribution in [2.75, 3.05) is 4.72 Å². The van der Waals surface area contributed by atoms with Crippen LogP contribution >= 0.6 is 22.6 Å². The summed E-state index contributed by atoms with van der Waals surface area (Å²) in [5, 5.41) is 0. The summed E-state index contributed by atoms with van der Waals surface area (Å²) in [7, 11) is -3.51. The van der Waals surface area contributed by atoms with Crippen molar-refractivity contribution >= 4 is 38.3 Å². The van der Waals surface area contributed by atoms with Crippen molar-refractivity contribution in [2.45, 2.75) is 11.8 Å². The molecule has 0 heterocycles. The van der Waals surface area contributed by atoms with Crippen LogP contribution in [0.5, 0.6) is 0 Å². The van der Waals surface area contributed by atoms with E-state index in [4.69, 9.17) is 0 Å². The molecule has 0 aliphatic carbocycles. The lowest BCUT2D eigenvalue weighted by atomic mass is 10.2. The average molecular weight is 373 g/mol. The highest BCUT2D eigenvalue weighted by Crippen LogP contribution is 2.18. The van der Waals surface area contributed by atoms with Crippen LogP contribution in [0.1, 0.15) is 5.56 Å². The number of hydrogen-bond acceptors (Lipinski definition) is 2. The van der Waals surface area contributed by atoms with Crippen LogP contribution in [0.2, 0.25) is 0 Å². The van der Waals surface area contributed by atoms with Gasteiger partial charge in [-0.2, -0.15) is 0 Å². The predicted octanol–water partition coefficient (Wildman–Crippen LogP) is 3.40. The van der Waals surface area contributed by atoms with Gasteiger partial charge in [0.2, 0.25) is 0 Å². The molecule has 0 aromatic heterocycles. The molecule has 3 nitrogen and oxygen atoms in total. The van der Waals surface area contributed by atoms with Gasteiger partial charge in [-0.25, -0.2) is 8.42 Å². The summed E-state index contributed by atoms with van der Waals surface area (Å²) >= 11 is 2.14. The first-order valence-electron chi connectivity index (χ1n) is 5.32. The van der Waals surface area contributed by atoms with Gasteiger partial charge >= 0.3 is 0 Å². The smallest absolute Gasteiger partial charge is 0.261 e. The van der Waals surface area contributed by atoms with Crippen molar-refractivity contribution in [3.63, 3.8) is 0 Å². The lowest BCUT2D eigenvalue weighted by Crippen LogP contribution is -2.13. The first-order valence-corrected chi connectivity index (χ1v) is 7.89. The maximum Gasteiger partial charge on any atom is 0.261 e. The second-order valence-corrected chi connectivity index (χ2v) is 6.86. The monoisotopic (exact) mass is 373 g/mol. The van der Waals surface area contributed by atoms with E-state index in [-0.39, 0.29) is 4.90 Å². The average Bonchev–Trinajstić information content (AvgIpc) is 2.28. The lowest BCUT2D eigenvalue weighted by molar-refractivity contribution is 0.601. The Morgan fingerprint density at radius 1 is 1.06 bits per heavy atom. The zero-order valence-electron chi connectivity index (χ0n) is 9.72. The fourth-order valence-corrected chi connectivity index (χ4v) is 3.25. The number of aryl methyl sites for hydroxylation is 1. The Kier molecular flexibility index (Phi) is 3.91. The molecule has 0 aliphatic rings. The molecule has 0 amide bonds. The summed E-state index contributed by atoms with van der Waals surface area (Å²) < 4.78 is 27.9. The molecule has 0 fully saturated rings. The highest BCUT2D eigenvalue weighted by molar-refractivity contribution is 14.1. The molecule has 2 aromatic rings. The number of nitrogens with one attached hydrogen (secondary N) is 1. The highest BCUT2D eigenvalue weighted by Gasteiger charge is 2.13. The van der Waals surface area contributed by atoms with Crippen LogP contribution in [0.15, 0.2) is 53.4 Å². The van der Waals surface area contributed by atoms with E-state index < -0.39 is 10.0 Å². The molecule has 94 valence electrons. The lowest BCUT2D eigenvalue weighted by Gasteiger charge is -2.08. The summed E-state index contributed by atoms with van der Waals surface area (Å²) in [6.07, 6.45) is 0. The van der Waals surface area contributed by atoms with Crippen molar-refractivity contribution in [2.24, 2.45) is 0 Å². The van der Waals surface area contributed by atoms with Crippen molar-refractivity contribution in [1.82, 2.24) is 0 Å². The Hall–Kier alpha value is -1.08. The van der Waals surface area contributed by atoms with Crippen molar-refractivity contribution in [3.8, 4) is 0 Å². The van der Waals surface area contributed by atoms with Gasteiger partial charge in [-0.05, 0) is 65.4 Å². The van der Waals surface area contributed by atoms with Crippen molar-refractivity contribution in [1.29, 1.82) is 0 Å². The predicted molar refractivity (Wildman–Crippen MR) is 81.1 cm³/mol. The molecule has 0 atom stereocenters. The minimum Gasteiger partial charge on any atom is -0.280 e. The third-order valence-corrected chi connectivity index (χ3v) is 4.43. The van der Waals surface area contributed by atoms with Crippen molar-refractivity contribution in [3.05, 3.63) is 57.7 Å². The number of halogens is 1. The molecule has 0 aliphatic heterocycles. The van der Waals surface area contributed by atoms with Crippen LogP contribution in [0.3, 0.4) is 0 Å². The number of sulfonamides is 1. The Labute approximate surface area is 120 Å². The minimum absolute atomic E-state index is 0.279. The molecule has 0 saturated carbocycles. The number of benzene rings is 2. The summed E-state index contributed by atoms with van der Waals surface area (Å²) in [6, 6.07) is 14.1. The largest absolute Gasteiger partial charge is 0.280 e. The third kappa shape index (κ3) is 3.23. The molecule has 0 saturated heterocycles. The van der Waals surface area contributed by atoms with Crippen LogP contribution in [-0.2, 0) is 10.0 Å². The van der Waals surface area contributed by atoms with E-state index in [2.05, 4.69) is 27.3 Å². The van der Waals surface area contributed by atoms with Gasteiger partial charge in [-0.1, -0.05) is 18.2 Å². The SMILES string of the molecule is Cc1cccc(S(=O)(=O)Nc2cccc(I)c2)c1. The number of anilines is 1. The molecule has 18 heavy (non-hydrogen) atoms. The van der Waals surface area contributed by atoms with Gasteiger partial charge in [-0.3, -0.25) is 4.72 Å². The van der Waals surface area contributed by atoms with Crippen LogP contribution < -0.4 is 4.72 Å². The molecular weight excluding hydrogens is 361 g/mol. The van der Waals surface area contributed by atoms with Gasteiger partial charge in [0.1, 0.15) is 0 Å².